The molecular formula is C29H54N4O2Sn. The van der Waals surface area contributed by atoms with E-state index in [0.717, 1.165) is 37.6 Å². The van der Waals surface area contributed by atoms with Gasteiger partial charge < -0.3 is 0 Å². The number of unbranched alkanes of at least 4 members (excludes halogenated alkanes) is 3. The molecule has 1 aliphatic heterocycles. The number of hydrogen-bond acceptors (Lipinski definition) is 5. The maximum absolute atomic E-state index is 13.5. The van der Waals surface area contributed by atoms with Crippen molar-refractivity contribution in [2.45, 2.75) is 106 Å². The van der Waals surface area contributed by atoms with Crippen molar-refractivity contribution < 1.29 is 9.53 Å². The van der Waals surface area contributed by atoms with Crippen LogP contribution < -0.4 is 13.9 Å². The summed E-state index contributed by atoms with van der Waals surface area (Å²) in [5.41, 5.74) is 0.799. The predicted octanol–water partition coefficient (Wildman–Crippen LogP) is 5.43. The third-order valence-corrected chi connectivity index (χ3v) is 23.2. The molecule has 1 amide bonds. The Morgan fingerprint density at radius 1 is 1.06 bits per heavy atom. The van der Waals surface area contributed by atoms with Gasteiger partial charge in [-0.1, -0.05) is 0 Å². The standard InChI is InChI=1S/C17H27N4O2.3C4H9.Sn/c1-5-20(6-2)13(3)10-19-17(22)14-7-8-18-16(9-14)21-11-15(12-21)23-4;3*1-3-4-2;/h7,9,13,15H,5-6,10-12H2,1-4H3,(H,19,22);3*1,3-4H2,2H3;/t13-;;;;/m0..../s1. The van der Waals surface area contributed by atoms with Gasteiger partial charge in [0.05, 0.1) is 0 Å². The van der Waals surface area contributed by atoms with Crippen LogP contribution >= 0.6 is 0 Å². The minimum absolute atomic E-state index is 0.0457. The zero-order valence-corrected chi connectivity index (χ0v) is 27.2. The van der Waals surface area contributed by atoms with Crippen LogP contribution in [0.4, 0.5) is 5.82 Å². The summed E-state index contributed by atoms with van der Waals surface area (Å²) in [7, 11) is 1.78. The van der Waals surface area contributed by atoms with E-state index in [2.05, 4.69) is 62.7 Å². The number of nitrogens with one attached hydrogen (secondary N) is 1. The van der Waals surface area contributed by atoms with Crippen LogP contribution in [0.25, 0.3) is 0 Å². The molecule has 36 heavy (non-hydrogen) atoms. The molecule has 1 saturated heterocycles. The minimum atomic E-state index is -2.79. The first kappa shape index (κ1) is 31.4. The molecule has 2 heterocycles. The molecule has 2 rings (SSSR count). The molecule has 1 aromatic heterocycles. The number of ether oxygens (including phenoxy) is 1. The Morgan fingerprint density at radius 2 is 1.61 bits per heavy atom. The Balaban J connectivity index is 2.43. The van der Waals surface area contributed by atoms with E-state index in [1.807, 2.05) is 6.07 Å². The van der Waals surface area contributed by atoms with Crippen molar-refractivity contribution in [1.82, 2.24) is 15.2 Å². The summed E-state index contributed by atoms with van der Waals surface area (Å²) < 4.78 is 10.9. The number of amides is 1. The normalized spacial score (nSPS) is 15.3. The summed E-state index contributed by atoms with van der Waals surface area (Å²) in [6, 6.07) is 4.56. The van der Waals surface area contributed by atoms with Crippen LogP contribution in [0.1, 0.15) is 90.4 Å². The van der Waals surface area contributed by atoms with Gasteiger partial charge in [0, 0.05) is 0 Å². The number of pyridine rings is 1. The molecule has 206 valence electrons. The number of carbonyl (C=O) groups excluding carboxylic acids is 1. The van der Waals surface area contributed by atoms with Crippen LogP contribution in [0.2, 0.25) is 13.3 Å². The molecule has 1 aliphatic rings. The van der Waals surface area contributed by atoms with Gasteiger partial charge in [0.2, 0.25) is 0 Å². The molecule has 6 nitrogen and oxygen atoms in total. The monoisotopic (exact) mass is 610 g/mol. The average Bonchev–Trinajstić information content (AvgIpc) is 2.87. The van der Waals surface area contributed by atoms with Gasteiger partial charge in [-0.25, -0.2) is 0 Å². The first-order valence-electron chi connectivity index (χ1n) is 14.7. The molecule has 0 aliphatic carbocycles. The number of anilines is 1. The molecule has 0 saturated carbocycles. The van der Waals surface area contributed by atoms with Crippen molar-refractivity contribution >= 4 is 33.8 Å². The van der Waals surface area contributed by atoms with Gasteiger partial charge in [0.1, 0.15) is 0 Å². The quantitative estimate of drug-likeness (QED) is 0.225. The summed E-state index contributed by atoms with van der Waals surface area (Å²) in [5, 5.41) is 3.25. The second-order valence-electron chi connectivity index (χ2n) is 10.7. The van der Waals surface area contributed by atoms with Gasteiger partial charge in [-0.15, -0.1) is 0 Å². The van der Waals surface area contributed by atoms with Crippen LogP contribution in [-0.4, -0.2) is 86.1 Å². The third-order valence-electron chi connectivity index (χ3n) is 8.14. The number of likely N-dealkylation sites (N-methyl/N-ethyl adjacent to an activating group) is 1. The first-order valence-corrected chi connectivity index (χ1v) is 22.2. The second-order valence-corrected chi connectivity index (χ2v) is 23.8. The number of carbonyl (C=O) groups is 1. The summed E-state index contributed by atoms with van der Waals surface area (Å²) in [4.78, 5) is 23.5. The molecule has 1 fully saturated rings. The number of rotatable bonds is 18. The number of aromatic nitrogens is 1. The number of nitrogens with zero attached hydrogens (tertiary/aromatic N) is 3. The van der Waals surface area contributed by atoms with Gasteiger partial charge in [-0.2, -0.15) is 0 Å². The Labute approximate surface area is 225 Å². The average molecular weight is 609 g/mol. The Morgan fingerprint density at radius 3 is 2.08 bits per heavy atom. The summed E-state index contributed by atoms with van der Waals surface area (Å²) in [6.07, 6.45) is 7.81. The van der Waals surface area contributed by atoms with Gasteiger partial charge in [0.15, 0.2) is 0 Å². The second kappa shape index (κ2) is 16.2. The molecule has 0 unspecified atom stereocenters. The van der Waals surface area contributed by atoms with Crippen LogP contribution in [0, 0.1) is 0 Å². The summed E-state index contributed by atoms with van der Waals surface area (Å²) in [5.74, 6) is 1.03. The zero-order chi connectivity index (χ0) is 26.6. The van der Waals surface area contributed by atoms with E-state index >= 15 is 0 Å². The summed E-state index contributed by atoms with van der Waals surface area (Å²) >= 11 is -2.79. The molecule has 0 bridgehead atoms. The van der Waals surface area contributed by atoms with Crippen LogP contribution in [-0.2, 0) is 4.74 Å². The van der Waals surface area contributed by atoms with E-state index in [-0.39, 0.29) is 12.0 Å². The molecule has 1 aromatic rings. The molecule has 0 radical (unpaired) electrons. The molecule has 0 aromatic carbocycles. The third kappa shape index (κ3) is 8.59. The molecule has 0 spiro atoms. The van der Waals surface area contributed by atoms with Gasteiger partial charge in [-0.05, 0) is 0 Å². The van der Waals surface area contributed by atoms with Gasteiger partial charge in [0.25, 0.3) is 0 Å². The van der Waals surface area contributed by atoms with Gasteiger partial charge >= 0.3 is 226 Å². The SMILES string of the molecule is CCC[CH2][Sn]([CH2]CCC)([CH2]CCC)[c]1cc(C(=O)NC[C@H](C)N(CC)CC)cc(N2CC(OC)C2)n1. The Kier molecular flexibility index (Phi) is 14.1. The van der Waals surface area contributed by atoms with Crippen molar-refractivity contribution in [2.24, 2.45) is 0 Å². The predicted molar refractivity (Wildman–Crippen MR) is 156 cm³/mol. The van der Waals surface area contributed by atoms with Crippen molar-refractivity contribution in [1.29, 1.82) is 0 Å². The number of methoxy groups -OCH3 is 1. The molecule has 7 heteroatoms. The summed E-state index contributed by atoms with van der Waals surface area (Å²) in [6.45, 7) is 17.8. The molecule has 1 atom stereocenters. The molecular weight excluding hydrogens is 555 g/mol. The van der Waals surface area contributed by atoms with Crippen molar-refractivity contribution in [3.8, 4) is 0 Å². The van der Waals surface area contributed by atoms with Crippen LogP contribution in [0.15, 0.2) is 12.1 Å². The fraction of sp³-hybridized carbons (Fsp3) is 0.793. The van der Waals surface area contributed by atoms with Crippen molar-refractivity contribution in [2.75, 3.05) is 44.7 Å². The molecule has 1 N–H and O–H groups in total. The first-order chi connectivity index (χ1) is 17.4. The van der Waals surface area contributed by atoms with E-state index < -0.39 is 18.4 Å². The Hall–Kier alpha value is -0.861. The van der Waals surface area contributed by atoms with E-state index in [9.17, 15) is 4.79 Å². The number of hydrogen-bond donors (Lipinski definition) is 1. The topological polar surface area (TPSA) is 57.7 Å². The van der Waals surface area contributed by atoms with E-state index in [1.165, 1.54) is 55.5 Å². The van der Waals surface area contributed by atoms with E-state index in [4.69, 9.17) is 9.72 Å². The van der Waals surface area contributed by atoms with Gasteiger partial charge in [-0.3, -0.25) is 0 Å². The fourth-order valence-corrected chi connectivity index (χ4v) is 21.0. The Bertz CT molecular complexity index is 759. The maximum atomic E-state index is 13.5. The van der Waals surface area contributed by atoms with Crippen LogP contribution in [0.5, 0.6) is 0 Å². The van der Waals surface area contributed by atoms with Crippen molar-refractivity contribution in [3.05, 3.63) is 17.7 Å². The zero-order valence-electron chi connectivity index (χ0n) is 24.4. The van der Waals surface area contributed by atoms with E-state index in [0.29, 0.717) is 12.6 Å². The van der Waals surface area contributed by atoms with E-state index in [1.54, 1.807) is 7.11 Å². The van der Waals surface area contributed by atoms with Crippen molar-refractivity contribution in [3.63, 3.8) is 0 Å². The van der Waals surface area contributed by atoms with Crippen LogP contribution in [0.3, 0.4) is 0 Å². The fourth-order valence-electron chi connectivity index (χ4n) is 5.48.